The SMILES string of the molecule is Cc1c[c-](-c2ccccc2)c2ccccc12.[Li+]. The summed E-state index contributed by atoms with van der Waals surface area (Å²) in [5, 5.41) is 2.72. The van der Waals surface area contributed by atoms with Gasteiger partial charge < -0.3 is 0 Å². The molecule has 0 aromatic heterocycles. The van der Waals surface area contributed by atoms with Crippen LogP contribution in [0.2, 0.25) is 0 Å². The number of aryl methyl sites for hydroxylation is 1. The second-order valence-electron chi connectivity index (χ2n) is 4.15. The predicted octanol–water partition coefficient (Wildman–Crippen LogP) is 1.54. The molecule has 0 N–H and O–H groups in total. The molecule has 0 saturated heterocycles. The molecule has 0 amide bonds. The van der Waals surface area contributed by atoms with Crippen molar-refractivity contribution in [3.8, 4) is 11.1 Å². The van der Waals surface area contributed by atoms with E-state index >= 15 is 0 Å². The Morgan fingerprint density at radius 2 is 1.47 bits per heavy atom. The van der Waals surface area contributed by atoms with Crippen LogP contribution in [0.1, 0.15) is 5.56 Å². The average Bonchev–Trinajstić information content (AvgIpc) is 2.69. The maximum atomic E-state index is 2.28. The summed E-state index contributed by atoms with van der Waals surface area (Å²) in [7, 11) is 0. The van der Waals surface area contributed by atoms with Gasteiger partial charge in [0.25, 0.3) is 0 Å². The Hall–Kier alpha value is -1.35. The molecule has 0 saturated carbocycles. The largest absolute Gasteiger partial charge is 1.00 e. The Kier molecular flexibility index (Phi) is 3.48. The second kappa shape index (κ2) is 4.88. The summed E-state index contributed by atoms with van der Waals surface area (Å²) in [5.41, 5.74) is 4.00. The summed E-state index contributed by atoms with van der Waals surface area (Å²) in [5.74, 6) is 0. The van der Waals surface area contributed by atoms with Crippen LogP contribution in [0.5, 0.6) is 0 Å². The molecule has 0 nitrogen and oxygen atoms in total. The minimum atomic E-state index is 0. The van der Waals surface area contributed by atoms with Crippen molar-refractivity contribution < 1.29 is 18.9 Å². The van der Waals surface area contributed by atoms with Crippen LogP contribution in [-0.4, -0.2) is 0 Å². The summed E-state index contributed by atoms with van der Waals surface area (Å²) in [6.07, 6.45) is 0. The predicted molar refractivity (Wildman–Crippen MR) is 69.7 cm³/mol. The zero-order valence-electron chi connectivity index (χ0n) is 10.3. The monoisotopic (exact) mass is 212 g/mol. The van der Waals surface area contributed by atoms with Gasteiger partial charge in [-0.3, -0.25) is 0 Å². The van der Waals surface area contributed by atoms with Crippen LogP contribution in [0.15, 0.2) is 60.7 Å². The van der Waals surface area contributed by atoms with Gasteiger partial charge in [0.2, 0.25) is 0 Å². The number of fused-ring (bicyclic) bond motifs is 1. The van der Waals surface area contributed by atoms with E-state index in [4.69, 9.17) is 0 Å². The van der Waals surface area contributed by atoms with Crippen molar-refractivity contribution in [3.63, 3.8) is 0 Å². The molecule has 1 heteroatoms. The molecule has 17 heavy (non-hydrogen) atoms. The molecule has 78 valence electrons. The van der Waals surface area contributed by atoms with Crippen molar-refractivity contribution in [2.45, 2.75) is 6.92 Å². The van der Waals surface area contributed by atoms with Crippen LogP contribution < -0.4 is 18.9 Å². The molecule has 0 heterocycles. The molecule has 3 aromatic carbocycles. The van der Waals surface area contributed by atoms with Gasteiger partial charge in [-0.15, -0.1) is 35.4 Å². The van der Waals surface area contributed by atoms with E-state index in [0.717, 1.165) is 0 Å². The van der Waals surface area contributed by atoms with Crippen molar-refractivity contribution in [1.82, 2.24) is 0 Å². The Morgan fingerprint density at radius 1 is 0.824 bits per heavy atom. The van der Waals surface area contributed by atoms with Gasteiger partial charge in [-0.05, 0) is 0 Å². The Labute approximate surface area is 114 Å². The van der Waals surface area contributed by atoms with E-state index in [9.17, 15) is 0 Å². The minimum absolute atomic E-state index is 0. The van der Waals surface area contributed by atoms with Gasteiger partial charge in [0.15, 0.2) is 0 Å². The number of rotatable bonds is 1. The third-order valence-corrected chi connectivity index (χ3v) is 3.09. The number of hydrogen-bond donors (Lipinski definition) is 0. The summed E-state index contributed by atoms with van der Waals surface area (Å²) in [6, 6.07) is 21.4. The fraction of sp³-hybridized carbons (Fsp3) is 0.0625. The molecule has 0 radical (unpaired) electrons. The van der Waals surface area contributed by atoms with Crippen LogP contribution >= 0.6 is 0 Å². The second-order valence-corrected chi connectivity index (χ2v) is 4.15. The van der Waals surface area contributed by atoms with Crippen LogP contribution in [0.4, 0.5) is 0 Å². The molecule has 0 atom stereocenters. The first-order valence-electron chi connectivity index (χ1n) is 5.57. The van der Waals surface area contributed by atoms with Gasteiger partial charge in [0, 0.05) is 0 Å². The van der Waals surface area contributed by atoms with Crippen LogP contribution in [0.25, 0.3) is 21.9 Å². The molecule has 0 aliphatic heterocycles. The summed E-state index contributed by atoms with van der Waals surface area (Å²) < 4.78 is 0. The molecule has 0 aliphatic rings. The third-order valence-electron chi connectivity index (χ3n) is 3.09. The van der Waals surface area contributed by atoms with Gasteiger partial charge in [-0.2, -0.15) is 0 Å². The topological polar surface area (TPSA) is 0 Å². The third kappa shape index (κ3) is 2.07. The first kappa shape index (κ1) is 12.1. The average molecular weight is 212 g/mol. The molecule has 3 aromatic rings. The van der Waals surface area contributed by atoms with Gasteiger partial charge in [0.05, 0.1) is 0 Å². The number of hydrogen-bond acceptors (Lipinski definition) is 0. The summed E-state index contributed by atoms with van der Waals surface area (Å²) in [6.45, 7) is 2.18. The van der Waals surface area contributed by atoms with Crippen molar-refractivity contribution in [2.75, 3.05) is 0 Å². The molecule has 3 rings (SSSR count). The molecular weight excluding hydrogens is 199 g/mol. The van der Waals surface area contributed by atoms with E-state index in [0.29, 0.717) is 0 Å². The Morgan fingerprint density at radius 3 is 2.24 bits per heavy atom. The Balaban J connectivity index is 0.00000108. The first-order chi connectivity index (χ1) is 7.86. The van der Waals surface area contributed by atoms with Crippen LogP contribution in [0, 0.1) is 6.92 Å². The normalized spacial score (nSPS) is 10.2. The Bertz CT molecular complexity index is 620. The van der Waals surface area contributed by atoms with Crippen molar-refractivity contribution in [3.05, 3.63) is 66.2 Å². The summed E-state index contributed by atoms with van der Waals surface area (Å²) in [4.78, 5) is 0. The fourth-order valence-corrected chi connectivity index (χ4v) is 2.29. The quantitative estimate of drug-likeness (QED) is 0.424. The molecular formula is C16H13Li. The smallest absolute Gasteiger partial charge is 0.118 e. The standard InChI is InChI=1S/C16H13.Li/c1-12-11-16(13-7-3-2-4-8-13)15-10-6-5-9-14(12)15;/h2-11H,1H3;/q-1;+1. The first-order valence-corrected chi connectivity index (χ1v) is 5.57. The maximum Gasteiger partial charge on any atom is 1.00 e. The van der Waals surface area contributed by atoms with Gasteiger partial charge in [-0.25, -0.2) is 0 Å². The summed E-state index contributed by atoms with van der Waals surface area (Å²) >= 11 is 0. The van der Waals surface area contributed by atoms with E-state index < -0.39 is 0 Å². The van der Waals surface area contributed by atoms with Crippen LogP contribution in [-0.2, 0) is 0 Å². The molecule has 0 bridgehead atoms. The van der Waals surface area contributed by atoms with Gasteiger partial charge in [0.1, 0.15) is 0 Å². The molecule has 0 unspecified atom stereocenters. The van der Waals surface area contributed by atoms with E-state index in [1.165, 1.54) is 27.5 Å². The molecule has 0 spiro atoms. The van der Waals surface area contributed by atoms with Gasteiger partial charge in [-0.1, -0.05) is 59.7 Å². The zero-order valence-corrected chi connectivity index (χ0v) is 10.3. The number of benzene rings is 2. The molecule has 0 aliphatic carbocycles. The fourth-order valence-electron chi connectivity index (χ4n) is 2.29. The maximum absolute atomic E-state index is 2.28. The van der Waals surface area contributed by atoms with Gasteiger partial charge >= 0.3 is 18.9 Å². The van der Waals surface area contributed by atoms with E-state index in [1.54, 1.807) is 0 Å². The molecule has 0 fully saturated rings. The van der Waals surface area contributed by atoms with E-state index in [1.807, 2.05) is 0 Å². The van der Waals surface area contributed by atoms with Crippen molar-refractivity contribution in [1.29, 1.82) is 0 Å². The van der Waals surface area contributed by atoms with E-state index in [2.05, 4.69) is 67.6 Å². The van der Waals surface area contributed by atoms with Crippen molar-refractivity contribution >= 4 is 10.8 Å². The minimum Gasteiger partial charge on any atom is -0.118 e. The zero-order chi connectivity index (χ0) is 11.0. The van der Waals surface area contributed by atoms with E-state index in [-0.39, 0.29) is 18.9 Å². The van der Waals surface area contributed by atoms with Crippen LogP contribution in [0.3, 0.4) is 0 Å². The van der Waals surface area contributed by atoms with Crippen molar-refractivity contribution in [2.24, 2.45) is 0 Å².